The third-order valence-electron chi connectivity index (χ3n) is 5.47. The van der Waals surface area contributed by atoms with Gasteiger partial charge in [0.1, 0.15) is 0 Å². The SMILES string of the molecule is C=CCn1c(=NC(=O)c2ccc(S(=O)(=O)N(CCCC)CCCC)cc2)sc2cc(Cl)cc(Cl)c21. The van der Waals surface area contributed by atoms with Gasteiger partial charge in [0.15, 0.2) is 4.80 Å². The number of sulfonamides is 1. The molecule has 0 aliphatic rings. The lowest BCUT2D eigenvalue weighted by molar-refractivity contribution is 0.0997. The van der Waals surface area contributed by atoms with E-state index in [4.69, 9.17) is 23.2 Å². The second-order valence-corrected chi connectivity index (χ2v) is 11.9. The molecule has 0 atom stereocenters. The molecule has 35 heavy (non-hydrogen) atoms. The third-order valence-corrected chi connectivity index (χ3v) is 8.91. The smallest absolute Gasteiger partial charge is 0.279 e. The summed E-state index contributed by atoms with van der Waals surface area (Å²) < 4.78 is 30.5. The molecule has 1 amide bonds. The van der Waals surface area contributed by atoms with E-state index in [0.29, 0.717) is 40.0 Å². The number of allylic oxidation sites excluding steroid dienone is 1. The Morgan fingerprint density at radius 1 is 1.11 bits per heavy atom. The highest BCUT2D eigenvalue weighted by atomic mass is 35.5. The van der Waals surface area contributed by atoms with Crippen LogP contribution in [-0.2, 0) is 16.6 Å². The fourth-order valence-corrected chi connectivity index (χ4v) is 6.94. The van der Waals surface area contributed by atoms with Crippen molar-refractivity contribution in [2.45, 2.75) is 51.0 Å². The maximum absolute atomic E-state index is 13.2. The Morgan fingerprint density at radius 2 is 1.74 bits per heavy atom. The Labute approximate surface area is 220 Å². The maximum atomic E-state index is 13.2. The predicted molar refractivity (Wildman–Crippen MR) is 145 cm³/mol. The van der Waals surface area contributed by atoms with E-state index >= 15 is 0 Å². The molecule has 0 aliphatic carbocycles. The van der Waals surface area contributed by atoms with Crippen LogP contribution in [-0.4, -0.2) is 36.3 Å². The second-order valence-electron chi connectivity index (χ2n) is 8.07. The van der Waals surface area contributed by atoms with Crippen LogP contribution in [0.3, 0.4) is 0 Å². The number of benzene rings is 2. The Hall–Kier alpha value is -1.97. The number of thiazole rings is 1. The monoisotopic (exact) mass is 553 g/mol. The van der Waals surface area contributed by atoms with Crippen molar-refractivity contribution in [3.05, 3.63) is 69.5 Å². The number of carbonyl (C=O) groups is 1. The summed E-state index contributed by atoms with van der Waals surface area (Å²) in [6.45, 7) is 9.23. The molecule has 3 rings (SSSR count). The number of aromatic nitrogens is 1. The van der Waals surface area contributed by atoms with Crippen LogP contribution in [0.2, 0.25) is 10.0 Å². The highest BCUT2D eigenvalue weighted by Crippen LogP contribution is 2.30. The lowest BCUT2D eigenvalue weighted by Crippen LogP contribution is -2.33. The first kappa shape index (κ1) is 27.6. The minimum absolute atomic E-state index is 0.172. The van der Waals surface area contributed by atoms with Gasteiger partial charge in [0.2, 0.25) is 10.0 Å². The molecule has 0 unspecified atom stereocenters. The average molecular weight is 555 g/mol. The minimum atomic E-state index is -3.64. The van der Waals surface area contributed by atoms with Crippen molar-refractivity contribution in [1.29, 1.82) is 0 Å². The van der Waals surface area contributed by atoms with E-state index in [-0.39, 0.29) is 4.90 Å². The Morgan fingerprint density at radius 3 is 2.31 bits per heavy atom. The molecule has 10 heteroatoms. The van der Waals surface area contributed by atoms with Crippen LogP contribution in [0.1, 0.15) is 49.9 Å². The fourth-order valence-electron chi connectivity index (χ4n) is 3.60. The zero-order valence-electron chi connectivity index (χ0n) is 19.8. The van der Waals surface area contributed by atoms with Crippen molar-refractivity contribution in [1.82, 2.24) is 8.87 Å². The zero-order chi connectivity index (χ0) is 25.6. The lowest BCUT2D eigenvalue weighted by atomic mass is 10.2. The molecule has 0 radical (unpaired) electrons. The number of carbonyl (C=O) groups excluding carboxylic acids is 1. The predicted octanol–water partition coefficient (Wildman–Crippen LogP) is 6.53. The van der Waals surface area contributed by atoms with E-state index in [1.807, 2.05) is 18.4 Å². The fraction of sp³-hybridized carbons (Fsp3) is 0.360. The standard InChI is InChI=1S/C25H29Cl2N3O3S2/c1-4-7-14-29(15-8-5-2)35(32,33)20-11-9-18(10-12-20)24(31)28-25-30(13-6-3)23-21(27)16-19(26)17-22(23)34-25/h6,9-12,16-17H,3-5,7-8,13-15H2,1-2H3. The topological polar surface area (TPSA) is 71.7 Å². The number of hydrogen-bond donors (Lipinski definition) is 0. The Bertz CT molecular complexity index is 1370. The molecule has 1 heterocycles. The number of fused-ring (bicyclic) bond motifs is 1. The van der Waals surface area contributed by atoms with E-state index < -0.39 is 15.9 Å². The molecular formula is C25H29Cl2N3O3S2. The van der Waals surface area contributed by atoms with E-state index in [1.54, 1.807) is 18.2 Å². The molecule has 2 aromatic carbocycles. The van der Waals surface area contributed by atoms with Crippen LogP contribution in [0.5, 0.6) is 0 Å². The van der Waals surface area contributed by atoms with Crippen LogP contribution in [0, 0.1) is 0 Å². The molecular weight excluding hydrogens is 525 g/mol. The molecule has 0 N–H and O–H groups in total. The summed E-state index contributed by atoms with van der Waals surface area (Å²) >= 11 is 13.8. The molecule has 0 saturated carbocycles. The Balaban J connectivity index is 1.94. The van der Waals surface area contributed by atoms with Gasteiger partial charge >= 0.3 is 0 Å². The highest BCUT2D eigenvalue weighted by Gasteiger charge is 2.24. The van der Waals surface area contributed by atoms with Gasteiger partial charge in [-0.05, 0) is 49.2 Å². The van der Waals surface area contributed by atoms with E-state index in [9.17, 15) is 13.2 Å². The van der Waals surface area contributed by atoms with Gasteiger partial charge in [0.05, 0.1) is 20.1 Å². The summed E-state index contributed by atoms with van der Waals surface area (Å²) in [5, 5.41) is 0.959. The van der Waals surface area contributed by atoms with Gasteiger partial charge < -0.3 is 4.57 Å². The van der Waals surface area contributed by atoms with Gasteiger partial charge in [-0.3, -0.25) is 4.79 Å². The molecule has 0 aliphatic heterocycles. The number of amides is 1. The van der Waals surface area contributed by atoms with Crippen molar-refractivity contribution in [3.8, 4) is 0 Å². The molecule has 0 fully saturated rings. The number of rotatable bonds is 11. The second kappa shape index (κ2) is 12.3. The quantitative estimate of drug-likeness (QED) is 0.253. The number of halogens is 2. The molecule has 3 aromatic rings. The summed E-state index contributed by atoms with van der Waals surface area (Å²) in [5.74, 6) is -0.477. The molecule has 6 nitrogen and oxygen atoms in total. The van der Waals surface area contributed by atoms with Gasteiger partial charge in [-0.2, -0.15) is 9.30 Å². The molecule has 0 saturated heterocycles. The summed E-state index contributed by atoms with van der Waals surface area (Å²) in [5.41, 5.74) is 1.03. The van der Waals surface area contributed by atoms with Gasteiger partial charge in [-0.1, -0.05) is 67.3 Å². The number of unbranched alkanes of at least 4 members (excludes halogenated alkanes) is 2. The van der Waals surface area contributed by atoms with Gasteiger partial charge in [-0.25, -0.2) is 8.42 Å². The summed E-state index contributed by atoms with van der Waals surface area (Å²) in [6.07, 6.45) is 5.12. The first-order valence-electron chi connectivity index (χ1n) is 11.5. The van der Waals surface area contributed by atoms with Crippen molar-refractivity contribution in [2.24, 2.45) is 4.99 Å². The van der Waals surface area contributed by atoms with E-state index in [0.717, 1.165) is 35.9 Å². The maximum Gasteiger partial charge on any atom is 0.279 e. The van der Waals surface area contributed by atoms with E-state index in [2.05, 4.69) is 11.6 Å². The van der Waals surface area contributed by atoms with Crippen LogP contribution < -0.4 is 4.80 Å². The van der Waals surface area contributed by atoms with Crippen LogP contribution >= 0.6 is 34.5 Å². The minimum Gasteiger partial charge on any atom is -0.311 e. The summed E-state index contributed by atoms with van der Waals surface area (Å²) in [7, 11) is -3.64. The third kappa shape index (κ3) is 6.43. The average Bonchev–Trinajstić information content (AvgIpc) is 3.16. The number of hydrogen-bond acceptors (Lipinski definition) is 4. The first-order valence-corrected chi connectivity index (χ1v) is 14.5. The van der Waals surface area contributed by atoms with Crippen molar-refractivity contribution in [3.63, 3.8) is 0 Å². The van der Waals surface area contributed by atoms with E-state index in [1.165, 1.54) is 39.9 Å². The lowest BCUT2D eigenvalue weighted by Gasteiger charge is -2.22. The molecule has 1 aromatic heterocycles. The van der Waals surface area contributed by atoms with Crippen molar-refractivity contribution >= 4 is 60.7 Å². The Kier molecular flexibility index (Phi) is 9.72. The first-order chi connectivity index (χ1) is 16.7. The molecule has 0 bridgehead atoms. The normalized spacial score (nSPS) is 12.5. The summed E-state index contributed by atoms with van der Waals surface area (Å²) in [4.78, 5) is 17.9. The summed E-state index contributed by atoms with van der Waals surface area (Å²) in [6, 6.07) is 9.38. The van der Waals surface area contributed by atoms with Crippen LogP contribution in [0.4, 0.5) is 0 Å². The van der Waals surface area contributed by atoms with Crippen LogP contribution in [0.15, 0.2) is 58.9 Å². The highest BCUT2D eigenvalue weighted by molar-refractivity contribution is 7.89. The molecule has 0 spiro atoms. The number of nitrogens with zero attached hydrogens (tertiary/aromatic N) is 3. The largest absolute Gasteiger partial charge is 0.311 e. The molecule has 188 valence electrons. The zero-order valence-corrected chi connectivity index (χ0v) is 23.0. The van der Waals surface area contributed by atoms with Gasteiger partial charge in [-0.15, -0.1) is 6.58 Å². The van der Waals surface area contributed by atoms with Crippen molar-refractivity contribution < 1.29 is 13.2 Å². The van der Waals surface area contributed by atoms with Crippen molar-refractivity contribution in [2.75, 3.05) is 13.1 Å². The van der Waals surface area contributed by atoms with Gasteiger partial charge in [0, 0.05) is 30.2 Å². The van der Waals surface area contributed by atoms with Gasteiger partial charge in [0.25, 0.3) is 5.91 Å². The van der Waals surface area contributed by atoms with Crippen LogP contribution in [0.25, 0.3) is 10.2 Å².